The van der Waals surface area contributed by atoms with Crippen molar-refractivity contribution in [2.24, 2.45) is 5.73 Å². The molecule has 0 unspecified atom stereocenters. The fourth-order valence-electron chi connectivity index (χ4n) is 1.21. The summed E-state index contributed by atoms with van der Waals surface area (Å²) in [6.07, 6.45) is 0.600. The summed E-state index contributed by atoms with van der Waals surface area (Å²) < 4.78 is 26.0. The lowest BCUT2D eigenvalue weighted by atomic mass is 10.2. The number of sulfonamides is 1. The maximum atomic E-state index is 11.8. The minimum absolute atomic E-state index is 0. The second kappa shape index (κ2) is 7.18. The zero-order valence-electron chi connectivity index (χ0n) is 9.44. The van der Waals surface area contributed by atoms with Gasteiger partial charge in [-0.1, -0.05) is 17.7 Å². The molecule has 0 radical (unpaired) electrons. The van der Waals surface area contributed by atoms with Crippen LogP contribution in [0.5, 0.6) is 0 Å². The summed E-state index contributed by atoms with van der Waals surface area (Å²) in [6.45, 7) is 2.62. The Kier molecular flexibility index (Phi) is 7.04. The van der Waals surface area contributed by atoms with Crippen LogP contribution < -0.4 is 10.5 Å². The number of rotatable bonds is 5. The third-order valence-corrected chi connectivity index (χ3v) is 3.99. The molecule has 0 aliphatic rings. The highest BCUT2D eigenvalue weighted by atomic mass is 35.5. The molecule has 0 aliphatic carbocycles. The van der Waals surface area contributed by atoms with Crippen LogP contribution in [0.3, 0.4) is 0 Å². The van der Waals surface area contributed by atoms with Crippen LogP contribution in [-0.2, 0) is 10.0 Å². The molecule has 0 heterocycles. The van der Waals surface area contributed by atoms with Crippen LogP contribution in [0.1, 0.15) is 12.0 Å². The third-order valence-electron chi connectivity index (χ3n) is 2.05. The molecule has 7 heteroatoms. The molecule has 0 spiro atoms. The summed E-state index contributed by atoms with van der Waals surface area (Å²) in [7, 11) is -3.52. The molecule has 1 aromatic rings. The molecule has 1 aromatic carbocycles. The van der Waals surface area contributed by atoms with Gasteiger partial charge in [-0.15, -0.1) is 12.4 Å². The van der Waals surface area contributed by atoms with E-state index >= 15 is 0 Å². The van der Waals surface area contributed by atoms with E-state index in [2.05, 4.69) is 4.72 Å². The number of halogens is 2. The van der Waals surface area contributed by atoms with Gasteiger partial charge in [-0.3, -0.25) is 0 Å². The van der Waals surface area contributed by atoms with Gasteiger partial charge < -0.3 is 5.73 Å². The van der Waals surface area contributed by atoms with E-state index in [-0.39, 0.29) is 22.3 Å². The number of aryl methyl sites for hydroxylation is 1. The highest BCUT2D eigenvalue weighted by Crippen LogP contribution is 2.21. The molecule has 1 rings (SSSR count). The molecule has 0 aliphatic heterocycles. The molecule has 17 heavy (non-hydrogen) atoms. The Balaban J connectivity index is 0.00000256. The lowest BCUT2D eigenvalue weighted by Gasteiger charge is -2.08. The van der Waals surface area contributed by atoms with Crippen molar-refractivity contribution in [3.8, 4) is 0 Å². The average molecular weight is 299 g/mol. The third kappa shape index (κ3) is 4.81. The Morgan fingerprint density at radius 3 is 2.59 bits per heavy atom. The van der Waals surface area contributed by atoms with Gasteiger partial charge in [0, 0.05) is 6.54 Å². The maximum absolute atomic E-state index is 11.8. The van der Waals surface area contributed by atoms with Crippen molar-refractivity contribution in [2.45, 2.75) is 18.2 Å². The van der Waals surface area contributed by atoms with Crippen molar-refractivity contribution in [1.29, 1.82) is 0 Å². The van der Waals surface area contributed by atoms with Crippen LogP contribution in [0.2, 0.25) is 5.02 Å². The van der Waals surface area contributed by atoms with Crippen molar-refractivity contribution in [3.63, 3.8) is 0 Å². The molecule has 3 N–H and O–H groups in total. The first-order chi connectivity index (χ1) is 7.47. The van der Waals surface area contributed by atoms with E-state index in [1.54, 1.807) is 12.1 Å². The fourth-order valence-corrected chi connectivity index (χ4v) is 2.88. The van der Waals surface area contributed by atoms with Crippen LogP contribution in [0.15, 0.2) is 23.1 Å². The van der Waals surface area contributed by atoms with Crippen molar-refractivity contribution >= 4 is 34.0 Å². The van der Waals surface area contributed by atoms with Gasteiger partial charge in [-0.05, 0) is 37.6 Å². The van der Waals surface area contributed by atoms with Gasteiger partial charge in [0.05, 0.1) is 5.02 Å². The zero-order chi connectivity index (χ0) is 12.2. The van der Waals surface area contributed by atoms with Gasteiger partial charge in [0.2, 0.25) is 10.0 Å². The minimum atomic E-state index is -3.52. The topological polar surface area (TPSA) is 72.2 Å². The average Bonchev–Trinajstić information content (AvgIpc) is 2.17. The van der Waals surface area contributed by atoms with E-state index in [9.17, 15) is 8.42 Å². The standard InChI is InChI=1S/C10H15ClN2O2S.ClH/c1-8-3-4-10(9(11)7-8)16(14,15)13-6-2-5-12;/h3-4,7,13H,2,5-6,12H2,1H3;1H. The maximum Gasteiger partial charge on any atom is 0.242 e. The van der Waals surface area contributed by atoms with Gasteiger partial charge in [0.15, 0.2) is 0 Å². The van der Waals surface area contributed by atoms with E-state index < -0.39 is 10.0 Å². The van der Waals surface area contributed by atoms with Crippen molar-refractivity contribution in [3.05, 3.63) is 28.8 Å². The Bertz CT molecular complexity index is 463. The van der Waals surface area contributed by atoms with E-state index in [0.29, 0.717) is 19.5 Å². The highest BCUT2D eigenvalue weighted by molar-refractivity contribution is 7.89. The molecule has 0 saturated heterocycles. The summed E-state index contributed by atoms with van der Waals surface area (Å²) >= 11 is 5.88. The molecular weight excluding hydrogens is 283 g/mol. The minimum Gasteiger partial charge on any atom is -0.330 e. The number of hydrogen-bond donors (Lipinski definition) is 2. The number of nitrogens with two attached hydrogens (primary N) is 1. The van der Waals surface area contributed by atoms with Gasteiger partial charge in [-0.25, -0.2) is 13.1 Å². The molecule has 0 amide bonds. The second-order valence-corrected chi connectivity index (χ2v) is 5.62. The second-order valence-electron chi connectivity index (χ2n) is 3.47. The van der Waals surface area contributed by atoms with Crippen LogP contribution in [0.25, 0.3) is 0 Å². The normalized spacial score (nSPS) is 11.0. The van der Waals surface area contributed by atoms with E-state index in [1.165, 1.54) is 6.07 Å². The molecule has 0 fully saturated rings. The lowest BCUT2D eigenvalue weighted by molar-refractivity contribution is 0.579. The molecule has 0 bridgehead atoms. The quantitative estimate of drug-likeness (QED) is 0.813. The first-order valence-corrected chi connectivity index (χ1v) is 6.79. The first-order valence-electron chi connectivity index (χ1n) is 4.93. The molecular formula is C10H16Cl2N2O2S. The monoisotopic (exact) mass is 298 g/mol. The molecule has 0 saturated carbocycles. The number of benzene rings is 1. The Hall–Kier alpha value is -0.330. The summed E-state index contributed by atoms with van der Waals surface area (Å²) in [5.74, 6) is 0. The van der Waals surface area contributed by atoms with Crippen LogP contribution >= 0.6 is 24.0 Å². The predicted molar refractivity (Wildman–Crippen MR) is 72.3 cm³/mol. The zero-order valence-corrected chi connectivity index (χ0v) is 11.8. The van der Waals surface area contributed by atoms with Crippen molar-refractivity contribution in [2.75, 3.05) is 13.1 Å². The summed E-state index contributed by atoms with van der Waals surface area (Å²) in [6, 6.07) is 4.84. The predicted octanol–water partition coefficient (Wildman–Crippen LogP) is 1.70. The van der Waals surface area contributed by atoms with E-state index in [1.807, 2.05) is 6.92 Å². The number of nitrogens with one attached hydrogen (secondary N) is 1. The van der Waals surface area contributed by atoms with Gasteiger partial charge >= 0.3 is 0 Å². The SMILES string of the molecule is Cc1ccc(S(=O)(=O)NCCCN)c(Cl)c1.Cl. The summed E-state index contributed by atoms with van der Waals surface area (Å²) in [5.41, 5.74) is 6.21. The van der Waals surface area contributed by atoms with Gasteiger partial charge in [0.1, 0.15) is 4.90 Å². The van der Waals surface area contributed by atoms with Crippen molar-refractivity contribution < 1.29 is 8.42 Å². The largest absolute Gasteiger partial charge is 0.330 e. The first kappa shape index (κ1) is 16.7. The smallest absolute Gasteiger partial charge is 0.242 e. The lowest BCUT2D eigenvalue weighted by Crippen LogP contribution is -2.26. The Morgan fingerprint density at radius 2 is 2.06 bits per heavy atom. The summed E-state index contributed by atoms with van der Waals surface area (Å²) in [5, 5.41) is 0.236. The molecule has 0 atom stereocenters. The highest BCUT2D eigenvalue weighted by Gasteiger charge is 2.16. The van der Waals surface area contributed by atoms with E-state index in [4.69, 9.17) is 17.3 Å². The molecule has 0 aromatic heterocycles. The molecule has 98 valence electrons. The Labute approximate surface area is 113 Å². The summed E-state index contributed by atoms with van der Waals surface area (Å²) in [4.78, 5) is 0.108. The molecule has 4 nitrogen and oxygen atoms in total. The Morgan fingerprint density at radius 1 is 1.41 bits per heavy atom. The number of hydrogen-bond acceptors (Lipinski definition) is 3. The van der Waals surface area contributed by atoms with Crippen LogP contribution in [0.4, 0.5) is 0 Å². The van der Waals surface area contributed by atoms with Crippen LogP contribution in [0, 0.1) is 6.92 Å². The van der Waals surface area contributed by atoms with Crippen molar-refractivity contribution in [1.82, 2.24) is 4.72 Å². The van der Waals surface area contributed by atoms with E-state index in [0.717, 1.165) is 5.56 Å². The van der Waals surface area contributed by atoms with Gasteiger partial charge in [-0.2, -0.15) is 0 Å². The van der Waals surface area contributed by atoms with Gasteiger partial charge in [0.25, 0.3) is 0 Å². The van der Waals surface area contributed by atoms with Crippen LogP contribution in [-0.4, -0.2) is 21.5 Å². The fraction of sp³-hybridized carbons (Fsp3) is 0.400.